The summed E-state index contributed by atoms with van der Waals surface area (Å²) in [6.07, 6.45) is 1.83. The van der Waals surface area contributed by atoms with E-state index in [0.717, 1.165) is 16.7 Å². The third kappa shape index (κ3) is 7.22. The standard InChI is InChI=1S/C9H16BrN3O3/c10-4-2-1-3-9(16)13(5-7(11)14)6-8(12)15/h1-6H2,(H2,11,14)(H2,12,15). The average molecular weight is 294 g/mol. The fourth-order valence-electron chi connectivity index (χ4n) is 1.14. The lowest BCUT2D eigenvalue weighted by Crippen LogP contribution is -2.43. The first-order valence-electron chi connectivity index (χ1n) is 4.87. The third-order valence-electron chi connectivity index (χ3n) is 1.82. The van der Waals surface area contributed by atoms with E-state index >= 15 is 0 Å². The van der Waals surface area contributed by atoms with E-state index in [1.54, 1.807) is 0 Å². The Morgan fingerprint density at radius 3 is 1.88 bits per heavy atom. The molecule has 0 heterocycles. The summed E-state index contributed by atoms with van der Waals surface area (Å²) < 4.78 is 0. The first-order chi connectivity index (χ1) is 7.47. The first-order valence-corrected chi connectivity index (χ1v) is 6.00. The van der Waals surface area contributed by atoms with Crippen molar-refractivity contribution in [3.8, 4) is 0 Å². The van der Waals surface area contributed by atoms with Gasteiger partial charge in [-0.1, -0.05) is 15.9 Å². The molecule has 7 heteroatoms. The van der Waals surface area contributed by atoms with E-state index in [1.165, 1.54) is 0 Å². The highest BCUT2D eigenvalue weighted by Gasteiger charge is 2.17. The van der Waals surface area contributed by atoms with Crippen molar-refractivity contribution in [1.82, 2.24) is 4.90 Å². The molecule has 0 aliphatic rings. The second-order valence-corrected chi connectivity index (χ2v) is 4.12. The molecule has 0 radical (unpaired) electrons. The summed E-state index contributed by atoms with van der Waals surface area (Å²) in [6.45, 7) is -0.536. The number of amides is 3. The zero-order valence-electron chi connectivity index (χ0n) is 8.95. The number of alkyl halides is 1. The fourth-order valence-corrected chi connectivity index (χ4v) is 1.53. The number of nitrogens with two attached hydrogens (primary N) is 2. The molecule has 0 aliphatic carbocycles. The van der Waals surface area contributed by atoms with Gasteiger partial charge in [0.1, 0.15) is 0 Å². The molecule has 0 aromatic carbocycles. The van der Waals surface area contributed by atoms with Crippen LogP contribution < -0.4 is 11.5 Å². The molecule has 16 heavy (non-hydrogen) atoms. The van der Waals surface area contributed by atoms with E-state index in [2.05, 4.69) is 15.9 Å². The number of halogens is 1. The maximum Gasteiger partial charge on any atom is 0.237 e. The molecule has 0 aliphatic heterocycles. The summed E-state index contributed by atoms with van der Waals surface area (Å²) in [4.78, 5) is 34.1. The van der Waals surface area contributed by atoms with E-state index < -0.39 is 11.8 Å². The van der Waals surface area contributed by atoms with Crippen LogP contribution >= 0.6 is 15.9 Å². The quantitative estimate of drug-likeness (QED) is 0.459. The van der Waals surface area contributed by atoms with Crippen LogP contribution in [0.1, 0.15) is 19.3 Å². The molecule has 0 bridgehead atoms. The molecule has 3 amide bonds. The lowest BCUT2D eigenvalue weighted by Gasteiger charge is -2.19. The monoisotopic (exact) mass is 293 g/mol. The SMILES string of the molecule is NC(=O)CN(CC(N)=O)C(=O)CCCCBr. The van der Waals surface area contributed by atoms with Crippen LogP contribution in [0.5, 0.6) is 0 Å². The predicted octanol–water partition coefficient (Wildman–Crippen LogP) is -0.649. The minimum Gasteiger partial charge on any atom is -0.368 e. The minimum absolute atomic E-state index is 0.268. The van der Waals surface area contributed by atoms with Crippen LogP contribution in [0.15, 0.2) is 0 Å². The van der Waals surface area contributed by atoms with Gasteiger partial charge in [0.2, 0.25) is 17.7 Å². The molecule has 0 aromatic rings. The van der Waals surface area contributed by atoms with Crippen LogP contribution in [-0.2, 0) is 14.4 Å². The summed E-state index contributed by atoms with van der Waals surface area (Å²) in [5, 5.41) is 0.811. The van der Waals surface area contributed by atoms with Gasteiger partial charge in [0.25, 0.3) is 0 Å². The van der Waals surface area contributed by atoms with Gasteiger partial charge in [0, 0.05) is 11.8 Å². The van der Waals surface area contributed by atoms with E-state index in [1.807, 2.05) is 0 Å². The Morgan fingerprint density at radius 1 is 1.00 bits per heavy atom. The molecular weight excluding hydrogens is 278 g/mol. The normalized spacial score (nSPS) is 9.81. The average Bonchev–Trinajstić information content (AvgIpc) is 2.15. The van der Waals surface area contributed by atoms with Crippen molar-refractivity contribution in [2.24, 2.45) is 11.5 Å². The van der Waals surface area contributed by atoms with Crippen molar-refractivity contribution in [1.29, 1.82) is 0 Å². The lowest BCUT2D eigenvalue weighted by molar-refractivity contribution is -0.138. The zero-order chi connectivity index (χ0) is 12.6. The summed E-state index contributed by atoms with van der Waals surface area (Å²) in [6, 6.07) is 0. The summed E-state index contributed by atoms with van der Waals surface area (Å²) in [5.74, 6) is -1.59. The molecule has 0 atom stereocenters. The van der Waals surface area contributed by atoms with Gasteiger partial charge in [-0.3, -0.25) is 14.4 Å². The molecule has 0 aromatic heterocycles. The molecule has 0 saturated carbocycles. The Kier molecular flexibility index (Phi) is 7.53. The number of carbonyl (C=O) groups is 3. The molecular formula is C9H16BrN3O3. The van der Waals surface area contributed by atoms with Crippen molar-refractivity contribution in [2.75, 3.05) is 18.4 Å². The van der Waals surface area contributed by atoms with E-state index in [-0.39, 0.29) is 25.4 Å². The maximum atomic E-state index is 11.6. The van der Waals surface area contributed by atoms with Crippen LogP contribution in [-0.4, -0.2) is 41.0 Å². The van der Waals surface area contributed by atoms with Crippen molar-refractivity contribution >= 4 is 33.7 Å². The maximum absolute atomic E-state index is 11.6. The van der Waals surface area contributed by atoms with Gasteiger partial charge in [0.05, 0.1) is 13.1 Å². The van der Waals surface area contributed by atoms with Crippen LogP contribution in [0, 0.1) is 0 Å². The summed E-state index contributed by atoms with van der Waals surface area (Å²) in [5.41, 5.74) is 9.94. The first kappa shape index (κ1) is 14.9. The van der Waals surface area contributed by atoms with E-state index in [9.17, 15) is 14.4 Å². The number of unbranched alkanes of at least 4 members (excludes halogenated alkanes) is 1. The summed E-state index contributed by atoms with van der Waals surface area (Å²) in [7, 11) is 0. The lowest BCUT2D eigenvalue weighted by atomic mass is 10.2. The van der Waals surface area contributed by atoms with Crippen molar-refractivity contribution < 1.29 is 14.4 Å². The van der Waals surface area contributed by atoms with Crippen LogP contribution in [0.3, 0.4) is 0 Å². The highest BCUT2D eigenvalue weighted by Crippen LogP contribution is 2.02. The smallest absolute Gasteiger partial charge is 0.237 e. The minimum atomic E-state index is -0.657. The van der Waals surface area contributed by atoms with Gasteiger partial charge in [0.15, 0.2) is 0 Å². The Morgan fingerprint density at radius 2 is 1.50 bits per heavy atom. The van der Waals surface area contributed by atoms with Crippen LogP contribution in [0.4, 0.5) is 0 Å². The Bertz CT molecular complexity index is 255. The van der Waals surface area contributed by atoms with E-state index in [0.29, 0.717) is 6.42 Å². The predicted molar refractivity (Wildman–Crippen MR) is 62.6 cm³/mol. The van der Waals surface area contributed by atoms with Crippen LogP contribution in [0.2, 0.25) is 0 Å². The highest BCUT2D eigenvalue weighted by atomic mass is 79.9. The zero-order valence-corrected chi connectivity index (χ0v) is 10.5. The Balaban J connectivity index is 4.20. The number of primary amides is 2. The van der Waals surface area contributed by atoms with Gasteiger partial charge >= 0.3 is 0 Å². The van der Waals surface area contributed by atoms with E-state index in [4.69, 9.17) is 11.5 Å². The van der Waals surface area contributed by atoms with Gasteiger partial charge in [-0.2, -0.15) is 0 Å². The topological polar surface area (TPSA) is 106 Å². The second kappa shape index (κ2) is 8.09. The molecule has 0 saturated heterocycles. The molecule has 4 N–H and O–H groups in total. The number of hydrogen-bond acceptors (Lipinski definition) is 3. The fraction of sp³-hybridized carbons (Fsp3) is 0.667. The second-order valence-electron chi connectivity index (χ2n) is 3.33. The third-order valence-corrected chi connectivity index (χ3v) is 2.38. The molecule has 0 rings (SSSR count). The van der Waals surface area contributed by atoms with Gasteiger partial charge in [-0.05, 0) is 12.8 Å². The molecule has 0 spiro atoms. The van der Waals surface area contributed by atoms with Crippen molar-refractivity contribution in [3.63, 3.8) is 0 Å². The Labute approximate surface area is 102 Å². The number of hydrogen-bond donors (Lipinski definition) is 2. The van der Waals surface area contributed by atoms with Crippen LogP contribution in [0.25, 0.3) is 0 Å². The van der Waals surface area contributed by atoms with Gasteiger partial charge < -0.3 is 16.4 Å². The molecule has 0 unspecified atom stereocenters. The van der Waals surface area contributed by atoms with Crippen molar-refractivity contribution in [3.05, 3.63) is 0 Å². The van der Waals surface area contributed by atoms with Gasteiger partial charge in [-0.15, -0.1) is 0 Å². The number of nitrogens with zero attached hydrogens (tertiary/aromatic N) is 1. The van der Waals surface area contributed by atoms with Gasteiger partial charge in [-0.25, -0.2) is 0 Å². The van der Waals surface area contributed by atoms with Crippen molar-refractivity contribution in [2.45, 2.75) is 19.3 Å². The molecule has 6 nitrogen and oxygen atoms in total. The molecule has 92 valence electrons. The number of rotatable bonds is 8. The Hall–Kier alpha value is -1.11. The summed E-state index contributed by atoms with van der Waals surface area (Å²) >= 11 is 3.24. The largest absolute Gasteiger partial charge is 0.368 e. The molecule has 0 fully saturated rings. The number of carbonyl (C=O) groups excluding carboxylic acids is 3. The highest BCUT2D eigenvalue weighted by molar-refractivity contribution is 9.09.